The van der Waals surface area contributed by atoms with Crippen LogP contribution in [-0.4, -0.2) is 16.9 Å². The summed E-state index contributed by atoms with van der Waals surface area (Å²) in [4.78, 5) is 23.0. The van der Waals surface area contributed by atoms with Crippen molar-refractivity contribution in [1.29, 1.82) is 0 Å². The standard InChI is InChI=1S/C19H30O3/c1-13(10-17(21)22)6-7-14-11-15(20)12-16-18(2,3)8-5-9-19(14,16)4/h11,13,16H,5-10,12H2,1-4H3,(H,21,22)/t13-,16+,19-/m1/s1. The summed E-state index contributed by atoms with van der Waals surface area (Å²) < 4.78 is 0. The van der Waals surface area contributed by atoms with Gasteiger partial charge in [-0.3, -0.25) is 9.59 Å². The lowest BCUT2D eigenvalue weighted by Crippen LogP contribution is -2.46. The van der Waals surface area contributed by atoms with Gasteiger partial charge in [-0.1, -0.05) is 39.7 Å². The van der Waals surface area contributed by atoms with Gasteiger partial charge >= 0.3 is 5.97 Å². The Morgan fingerprint density at radius 1 is 1.36 bits per heavy atom. The summed E-state index contributed by atoms with van der Waals surface area (Å²) in [5.41, 5.74) is 1.62. The van der Waals surface area contributed by atoms with Crippen LogP contribution in [0.2, 0.25) is 0 Å². The minimum absolute atomic E-state index is 0.124. The van der Waals surface area contributed by atoms with Crippen molar-refractivity contribution in [2.75, 3.05) is 0 Å². The molecule has 3 atom stereocenters. The second kappa shape index (κ2) is 6.17. The molecule has 0 heterocycles. The lowest BCUT2D eigenvalue weighted by atomic mass is 9.50. The minimum Gasteiger partial charge on any atom is -0.481 e. The van der Waals surface area contributed by atoms with E-state index in [0.717, 1.165) is 19.3 Å². The van der Waals surface area contributed by atoms with Gasteiger partial charge in [-0.25, -0.2) is 0 Å². The summed E-state index contributed by atoms with van der Waals surface area (Å²) in [7, 11) is 0. The van der Waals surface area contributed by atoms with Crippen LogP contribution in [0.15, 0.2) is 11.6 Å². The Bertz CT molecular complexity index is 489. The van der Waals surface area contributed by atoms with Crippen molar-refractivity contribution >= 4 is 11.8 Å². The van der Waals surface area contributed by atoms with Crippen LogP contribution >= 0.6 is 0 Å². The average molecular weight is 306 g/mol. The second-order valence-electron chi connectivity index (χ2n) is 8.39. The fraction of sp³-hybridized carbons (Fsp3) is 0.789. The van der Waals surface area contributed by atoms with E-state index < -0.39 is 5.97 Å². The van der Waals surface area contributed by atoms with Crippen LogP contribution < -0.4 is 0 Å². The number of ketones is 1. The van der Waals surface area contributed by atoms with Crippen LogP contribution in [0.3, 0.4) is 0 Å². The molecule has 3 nitrogen and oxygen atoms in total. The lowest BCUT2D eigenvalue weighted by Gasteiger charge is -2.54. The van der Waals surface area contributed by atoms with E-state index in [2.05, 4.69) is 20.8 Å². The number of carbonyl (C=O) groups is 2. The predicted molar refractivity (Wildman–Crippen MR) is 87.6 cm³/mol. The molecule has 0 radical (unpaired) electrons. The van der Waals surface area contributed by atoms with Gasteiger partial charge in [0.2, 0.25) is 0 Å². The molecule has 124 valence electrons. The number of hydrogen-bond donors (Lipinski definition) is 1. The summed E-state index contributed by atoms with van der Waals surface area (Å²) in [6, 6.07) is 0. The highest BCUT2D eigenvalue weighted by Crippen LogP contribution is 2.58. The van der Waals surface area contributed by atoms with Gasteiger partial charge in [0.1, 0.15) is 0 Å². The molecule has 0 aromatic rings. The summed E-state index contributed by atoms with van der Waals surface area (Å²) in [6.07, 6.45) is 8.07. The van der Waals surface area contributed by atoms with Gasteiger partial charge in [0.05, 0.1) is 0 Å². The number of carboxylic acid groups (broad SMARTS) is 1. The molecule has 2 aliphatic rings. The third-order valence-electron chi connectivity index (χ3n) is 6.13. The number of aliphatic carboxylic acids is 1. The van der Waals surface area contributed by atoms with Gasteiger partial charge in [-0.15, -0.1) is 0 Å². The zero-order valence-electron chi connectivity index (χ0n) is 14.4. The van der Waals surface area contributed by atoms with E-state index in [1.165, 1.54) is 18.4 Å². The highest BCUT2D eigenvalue weighted by molar-refractivity contribution is 5.92. The van der Waals surface area contributed by atoms with Gasteiger partial charge < -0.3 is 5.11 Å². The van der Waals surface area contributed by atoms with E-state index in [-0.39, 0.29) is 29.0 Å². The molecule has 0 saturated heterocycles. The van der Waals surface area contributed by atoms with Crippen molar-refractivity contribution in [2.45, 2.75) is 72.6 Å². The van der Waals surface area contributed by atoms with Crippen LogP contribution in [0.5, 0.6) is 0 Å². The number of hydrogen-bond acceptors (Lipinski definition) is 2. The van der Waals surface area contributed by atoms with Crippen LogP contribution in [0.4, 0.5) is 0 Å². The van der Waals surface area contributed by atoms with Crippen LogP contribution in [0.25, 0.3) is 0 Å². The van der Waals surface area contributed by atoms with Crippen molar-refractivity contribution in [3.05, 3.63) is 11.6 Å². The normalized spacial score (nSPS) is 32.1. The fourth-order valence-corrected chi connectivity index (χ4v) is 4.79. The van der Waals surface area contributed by atoms with Gasteiger partial charge in [0.25, 0.3) is 0 Å². The maximum atomic E-state index is 12.2. The van der Waals surface area contributed by atoms with Crippen molar-refractivity contribution in [3.63, 3.8) is 0 Å². The molecule has 0 aromatic heterocycles. The number of carbonyl (C=O) groups excluding carboxylic acids is 1. The molecular weight excluding hydrogens is 276 g/mol. The molecule has 22 heavy (non-hydrogen) atoms. The van der Waals surface area contributed by atoms with Gasteiger partial charge in [-0.2, -0.15) is 0 Å². The third-order valence-corrected chi connectivity index (χ3v) is 6.13. The monoisotopic (exact) mass is 306 g/mol. The summed E-state index contributed by atoms with van der Waals surface area (Å²) in [5, 5.41) is 8.90. The Morgan fingerprint density at radius 3 is 2.68 bits per heavy atom. The first-order valence-corrected chi connectivity index (χ1v) is 8.61. The third kappa shape index (κ3) is 3.44. The molecule has 2 rings (SSSR count). The molecule has 0 unspecified atom stereocenters. The first-order chi connectivity index (χ1) is 10.1. The number of allylic oxidation sites excluding steroid dienone is 2. The summed E-state index contributed by atoms with van der Waals surface area (Å²) in [6.45, 7) is 8.93. The van der Waals surface area contributed by atoms with E-state index in [1.807, 2.05) is 13.0 Å². The molecule has 0 bridgehead atoms. The number of fused-ring (bicyclic) bond motifs is 1. The SMILES string of the molecule is C[C@H](CCC1=CC(=O)C[C@H]2C(C)(C)CCC[C@]12C)CC(=O)O. The number of carboxylic acids is 1. The Morgan fingerprint density at radius 2 is 2.05 bits per heavy atom. The molecule has 2 aliphatic carbocycles. The maximum Gasteiger partial charge on any atom is 0.303 e. The highest BCUT2D eigenvalue weighted by Gasteiger charge is 2.50. The van der Waals surface area contributed by atoms with Crippen LogP contribution in [-0.2, 0) is 9.59 Å². The fourth-order valence-electron chi connectivity index (χ4n) is 4.79. The Balaban J connectivity index is 2.15. The van der Waals surface area contributed by atoms with Crippen molar-refractivity contribution < 1.29 is 14.7 Å². The molecule has 3 heteroatoms. The molecule has 0 aromatic carbocycles. The van der Waals surface area contributed by atoms with E-state index in [1.54, 1.807) is 0 Å². The summed E-state index contributed by atoms with van der Waals surface area (Å²) >= 11 is 0. The minimum atomic E-state index is -0.732. The largest absolute Gasteiger partial charge is 0.481 e. The first-order valence-electron chi connectivity index (χ1n) is 8.61. The molecule has 1 N–H and O–H groups in total. The zero-order chi connectivity index (χ0) is 16.5. The molecule has 0 spiro atoms. The second-order valence-corrected chi connectivity index (χ2v) is 8.39. The average Bonchev–Trinajstić information content (AvgIpc) is 2.37. The predicted octanol–water partition coefficient (Wildman–Crippen LogP) is 4.61. The van der Waals surface area contributed by atoms with Crippen LogP contribution in [0, 0.1) is 22.7 Å². The van der Waals surface area contributed by atoms with Gasteiger partial charge in [0, 0.05) is 12.8 Å². The molecule has 1 saturated carbocycles. The Hall–Kier alpha value is -1.12. The van der Waals surface area contributed by atoms with E-state index in [0.29, 0.717) is 12.3 Å². The summed E-state index contributed by atoms with van der Waals surface area (Å²) in [5.74, 6) is 0.118. The lowest BCUT2D eigenvalue weighted by molar-refractivity contribution is -0.138. The van der Waals surface area contributed by atoms with Crippen molar-refractivity contribution in [1.82, 2.24) is 0 Å². The molecule has 0 aliphatic heterocycles. The first kappa shape index (κ1) is 17.2. The Kier molecular flexibility index (Phi) is 4.84. The molecule has 0 amide bonds. The topological polar surface area (TPSA) is 54.4 Å². The maximum absolute atomic E-state index is 12.2. The Labute approximate surface area is 134 Å². The van der Waals surface area contributed by atoms with E-state index >= 15 is 0 Å². The smallest absolute Gasteiger partial charge is 0.303 e. The van der Waals surface area contributed by atoms with Crippen LogP contribution in [0.1, 0.15) is 72.6 Å². The number of rotatable bonds is 5. The zero-order valence-corrected chi connectivity index (χ0v) is 14.4. The van der Waals surface area contributed by atoms with E-state index in [4.69, 9.17) is 5.11 Å². The van der Waals surface area contributed by atoms with Crippen molar-refractivity contribution in [3.8, 4) is 0 Å². The molecular formula is C19H30O3. The highest BCUT2D eigenvalue weighted by atomic mass is 16.4. The quantitative estimate of drug-likeness (QED) is 0.807. The molecule has 1 fully saturated rings. The van der Waals surface area contributed by atoms with Gasteiger partial charge in [0.15, 0.2) is 5.78 Å². The van der Waals surface area contributed by atoms with Gasteiger partial charge in [-0.05, 0) is 54.4 Å². The van der Waals surface area contributed by atoms with E-state index in [9.17, 15) is 9.59 Å². The van der Waals surface area contributed by atoms with Crippen molar-refractivity contribution in [2.24, 2.45) is 22.7 Å².